The number of hydrogen-bond donors (Lipinski definition) is 0. The Hall–Kier alpha value is -1.43. The van der Waals surface area contributed by atoms with Gasteiger partial charge in [-0.3, -0.25) is 4.79 Å². The van der Waals surface area contributed by atoms with Crippen molar-refractivity contribution < 1.29 is 14.1 Å². The molecule has 1 saturated heterocycles. The standard InChI is InChI=1S/C16H25N3O3/c20-16(9-13-5-2-1-3-6-13)19-8-4-7-14(10-19)21-11-15-17-12-22-18-15/h12-14H,1-11H2. The smallest absolute Gasteiger partial charge is 0.222 e. The van der Waals surface area contributed by atoms with E-state index in [4.69, 9.17) is 9.26 Å². The van der Waals surface area contributed by atoms with Gasteiger partial charge in [0.2, 0.25) is 12.3 Å². The number of rotatable bonds is 5. The molecule has 122 valence electrons. The van der Waals surface area contributed by atoms with Crippen LogP contribution in [0.5, 0.6) is 0 Å². The highest BCUT2D eigenvalue weighted by Crippen LogP contribution is 2.27. The third-order valence-electron chi connectivity index (χ3n) is 4.77. The van der Waals surface area contributed by atoms with Crippen LogP contribution in [-0.2, 0) is 16.1 Å². The molecule has 1 aromatic heterocycles. The first-order valence-electron chi connectivity index (χ1n) is 8.46. The van der Waals surface area contributed by atoms with E-state index >= 15 is 0 Å². The van der Waals surface area contributed by atoms with E-state index in [0.29, 0.717) is 30.8 Å². The summed E-state index contributed by atoms with van der Waals surface area (Å²) in [7, 11) is 0. The maximum atomic E-state index is 12.5. The Labute approximate surface area is 131 Å². The fraction of sp³-hybridized carbons (Fsp3) is 0.812. The summed E-state index contributed by atoms with van der Waals surface area (Å²) in [5.41, 5.74) is 0. The molecule has 2 heterocycles. The van der Waals surface area contributed by atoms with Gasteiger partial charge in [0, 0.05) is 19.5 Å². The van der Waals surface area contributed by atoms with Crippen LogP contribution in [-0.4, -0.2) is 40.1 Å². The molecule has 1 amide bonds. The van der Waals surface area contributed by atoms with Gasteiger partial charge < -0.3 is 14.2 Å². The second-order valence-electron chi connectivity index (χ2n) is 6.47. The molecule has 0 N–H and O–H groups in total. The van der Waals surface area contributed by atoms with E-state index in [9.17, 15) is 4.79 Å². The first kappa shape index (κ1) is 15.5. The van der Waals surface area contributed by atoms with Crippen LogP contribution in [0.4, 0.5) is 0 Å². The van der Waals surface area contributed by atoms with E-state index in [1.54, 1.807) is 0 Å². The Bertz CT molecular complexity index is 457. The number of hydrogen-bond acceptors (Lipinski definition) is 5. The normalized spacial score (nSPS) is 23.6. The molecule has 2 fully saturated rings. The van der Waals surface area contributed by atoms with E-state index in [0.717, 1.165) is 25.8 Å². The summed E-state index contributed by atoms with van der Waals surface area (Å²) in [6.45, 7) is 1.92. The van der Waals surface area contributed by atoms with Gasteiger partial charge in [0.1, 0.15) is 6.61 Å². The molecule has 1 atom stereocenters. The third kappa shape index (κ3) is 4.29. The first-order chi connectivity index (χ1) is 10.8. The van der Waals surface area contributed by atoms with Crippen molar-refractivity contribution in [1.82, 2.24) is 15.0 Å². The van der Waals surface area contributed by atoms with Crippen LogP contribution in [0.1, 0.15) is 57.2 Å². The zero-order chi connectivity index (χ0) is 15.2. The molecule has 6 heteroatoms. The van der Waals surface area contributed by atoms with Gasteiger partial charge in [-0.15, -0.1) is 0 Å². The van der Waals surface area contributed by atoms with Gasteiger partial charge in [-0.05, 0) is 31.6 Å². The average Bonchev–Trinajstić information content (AvgIpc) is 3.08. The van der Waals surface area contributed by atoms with Crippen molar-refractivity contribution in [3.05, 3.63) is 12.2 Å². The number of carbonyl (C=O) groups excluding carboxylic acids is 1. The molecule has 22 heavy (non-hydrogen) atoms. The molecule has 0 radical (unpaired) electrons. The average molecular weight is 307 g/mol. The number of nitrogens with zero attached hydrogens (tertiary/aromatic N) is 3. The summed E-state index contributed by atoms with van der Waals surface area (Å²) in [4.78, 5) is 18.4. The number of piperidine rings is 1. The van der Waals surface area contributed by atoms with E-state index in [1.165, 1.54) is 38.5 Å². The van der Waals surface area contributed by atoms with Gasteiger partial charge in [0.15, 0.2) is 5.82 Å². The van der Waals surface area contributed by atoms with Crippen molar-refractivity contribution in [2.24, 2.45) is 5.92 Å². The highest BCUT2D eigenvalue weighted by atomic mass is 16.5. The SMILES string of the molecule is O=C(CC1CCCCC1)N1CCCC(OCc2ncon2)C1. The molecular formula is C16H25N3O3. The van der Waals surface area contributed by atoms with E-state index in [1.807, 2.05) is 4.90 Å². The Morgan fingerprint density at radius 1 is 1.27 bits per heavy atom. The molecule has 0 aromatic carbocycles. The maximum Gasteiger partial charge on any atom is 0.222 e. The quantitative estimate of drug-likeness (QED) is 0.836. The molecule has 0 spiro atoms. The van der Waals surface area contributed by atoms with Crippen molar-refractivity contribution in [3.63, 3.8) is 0 Å². The number of likely N-dealkylation sites (tertiary alicyclic amines) is 1. The van der Waals surface area contributed by atoms with Gasteiger partial charge in [-0.1, -0.05) is 24.4 Å². The zero-order valence-electron chi connectivity index (χ0n) is 13.1. The topological polar surface area (TPSA) is 68.5 Å². The number of ether oxygens (including phenoxy) is 1. The van der Waals surface area contributed by atoms with Gasteiger partial charge >= 0.3 is 0 Å². The van der Waals surface area contributed by atoms with E-state index in [-0.39, 0.29) is 6.10 Å². The third-order valence-corrected chi connectivity index (χ3v) is 4.77. The van der Waals surface area contributed by atoms with E-state index < -0.39 is 0 Å². The Morgan fingerprint density at radius 3 is 2.91 bits per heavy atom. The highest BCUT2D eigenvalue weighted by molar-refractivity contribution is 5.76. The molecule has 0 bridgehead atoms. The zero-order valence-corrected chi connectivity index (χ0v) is 13.1. The Balaban J connectivity index is 1.43. The van der Waals surface area contributed by atoms with Crippen molar-refractivity contribution in [2.45, 2.75) is 64.1 Å². The van der Waals surface area contributed by atoms with E-state index in [2.05, 4.69) is 10.1 Å². The number of aromatic nitrogens is 2. The van der Waals surface area contributed by atoms with Crippen LogP contribution in [0.25, 0.3) is 0 Å². The van der Waals surface area contributed by atoms with Crippen LogP contribution in [0.2, 0.25) is 0 Å². The largest absolute Gasteiger partial charge is 0.368 e. The molecule has 1 aliphatic heterocycles. The van der Waals surface area contributed by atoms with Crippen molar-refractivity contribution >= 4 is 5.91 Å². The molecule has 1 unspecified atom stereocenters. The predicted molar refractivity (Wildman–Crippen MR) is 79.9 cm³/mol. The summed E-state index contributed by atoms with van der Waals surface area (Å²) in [6.07, 6.45) is 10.5. The molecule has 1 aromatic rings. The summed E-state index contributed by atoms with van der Waals surface area (Å²) < 4.78 is 10.5. The summed E-state index contributed by atoms with van der Waals surface area (Å²) in [6, 6.07) is 0. The van der Waals surface area contributed by atoms with Crippen molar-refractivity contribution in [3.8, 4) is 0 Å². The minimum absolute atomic E-state index is 0.0857. The second kappa shape index (κ2) is 7.72. The fourth-order valence-corrected chi connectivity index (χ4v) is 3.52. The van der Waals surface area contributed by atoms with Crippen LogP contribution < -0.4 is 0 Å². The molecule has 3 rings (SSSR count). The lowest BCUT2D eigenvalue weighted by Gasteiger charge is -2.34. The number of carbonyl (C=O) groups is 1. The predicted octanol–water partition coefficient (Wildman–Crippen LogP) is 2.55. The minimum Gasteiger partial charge on any atom is -0.368 e. The van der Waals surface area contributed by atoms with Gasteiger partial charge in [-0.2, -0.15) is 4.98 Å². The summed E-state index contributed by atoms with van der Waals surface area (Å²) >= 11 is 0. The van der Waals surface area contributed by atoms with Crippen molar-refractivity contribution in [2.75, 3.05) is 13.1 Å². The molecule has 1 aliphatic carbocycles. The summed E-state index contributed by atoms with van der Waals surface area (Å²) in [5, 5.41) is 3.74. The van der Waals surface area contributed by atoms with Gasteiger partial charge in [0.25, 0.3) is 0 Å². The maximum absolute atomic E-state index is 12.5. The van der Waals surface area contributed by atoms with Crippen LogP contribution in [0, 0.1) is 5.92 Å². The number of amides is 1. The first-order valence-corrected chi connectivity index (χ1v) is 8.46. The lowest BCUT2D eigenvalue weighted by molar-refractivity contribution is -0.137. The second-order valence-corrected chi connectivity index (χ2v) is 6.47. The molecule has 1 saturated carbocycles. The van der Waals surface area contributed by atoms with Crippen LogP contribution in [0.15, 0.2) is 10.9 Å². The fourth-order valence-electron chi connectivity index (χ4n) is 3.52. The monoisotopic (exact) mass is 307 g/mol. The minimum atomic E-state index is 0.0857. The lowest BCUT2D eigenvalue weighted by atomic mass is 9.86. The Kier molecular flexibility index (Phi) is 5.43. The Morgan fingerprint density at radius 2 is 2.14 bits per heavy atom. The van der Waals surface area contributed by atoms with Crippen LogP contribution >= 0.6 is 0 Å². The van der Waals surface area contributed by atoms with Gasteiger partial charge in [-0.25, -0.2) is 0 Å². The lowest BCUT2D eigenvalue weighted by Crippen LogP contribution is -2.43. The van der Waals surface area contributed by atoms with Crippen LogP contribution in [0.3, 0.4) is 0 Å². The molecule has 2 aliphatic rings. The van der Waals surface area contributed by atoms with Crippen molar-refractivity contribution in [1.29, 1.82) is 0 Å². The molecular weight excluding hydrogens is 282 g/mol. The summed E-state index contributed by atoms with van der Waals surface area (Å²) in [5.74, 6) is 1.47. The van der Waals surface area contributed by atoms with Gasteiger partial charge in [0.05, 0.1) is 6.10 Å². The molecule has 6 nitrogen and oxygen atoms in total. The highest BCUT2D eigenvalue weighted by Gasteiger charge is 2.26.